The molecular weight excluding hydrogens is 221 g/mol. The summed E-state index contributed by atoms with van der Waals surface area (Å²) in [6.07, 6.45) is 2.38. The van der Waals surface area contributed by atoms with Gasteiger partial charge in [-0.05, 0) is 37.1 Å². The van der Waals surface area contributed by atoms with Crippen molar-refractivity contribution in [2.75, 3.05) is 5.32 Å². The van der Waals surface area contributed by atoms with Crippen LogP contribution in [-0.4, -0.2) is 17.1 Å². The number of benzene rings is 1. The van der Waals surface area contributed by atoms with E-state index in [1.54, 1.807) is 19.1 Å². The van der Waals surface area contributed by atoms with E-state index in [2.05, 4.69) is 5.32 Å². The van der Waals surface area contributed by atoms with E-state index in [9.17, 15) is 9.18 Å². The zero-order chi connectivity index (χ0) is 12.8. The van der Waals surface area contributed by atoms with Crippen LogP contribution >= 0.6 is 0 Å². The van der Waals surface area contributed by atoms with Crippen LogP contribution in [0.25, 0.3) is 0 Å². The van der Waals surface area contributed by atoms with Gasteiger partial charge < -0.3 is 10.4 Å². The van der Waals surface area contributed by atoms with E-state index in [0.717, 1.165) is 12.8 Å². The highest BCUT2D eigenvalue weighted by molar-refractivity contribution is 5.77. The Bertz CT molecular complexity index is 393. The fourth-order valence-corrected chi connectivity index (χ4v) is 1.60. The lowest BCUT2D eigenvalue weighted by Crippen LogP contribution is -2.29. The van der Waals surface area contributed by atoms with Gasteiger partial charge in [0.1, 0.15) is 11.9 Å². The number of carbonyl (C=O) groups is 1. The van der Waals surface area contributed by atoms with Gasteiger partial charge in [-0.2, -0.15) is 0 Å². The van der Waals surface area contributed by atoms with Gasteiger partial charge in [-0.3, -0.25) is 0 Å². The van der Waals surface area contributed by atoms with Crippen LogP contribution < -0.4 is 5.32 Å². The van der Waals surface area contributed by atoms with E-state index in [1.807, 2.05) is 6.92 Å². The Kier molecular flexibility index (Phi) is 4.94. The number of hydrogen-bond donors (Lipinski definition) is 2. The number of unbranched alkanes of at least 4 members (excludes halogenated alkanes) is 1. The number of carboxylic acids is 1. The van der Waals surface area contributed by atoms with E-state index in [0.29, 0.717) is 17.7 Å². The Balaban J connectivity index is 2.71. The van der Waals surface area contributed by atoms with Gasteiger partial charge in [-0.25, -0.2) is 9.18 Å². The van der Waals surface area contributed by atoms with Gasteiger partial charge >= 0.3 is 5.97 Å². The van der Waals surface area contributed by atoms with Crippen LogP contribution in [0.15, 0.2) is 18.2 Å². The first kappa shape index (κ1) is 13.5. The fourth-order valence-electron chi connectivity index (χ4n) is 1.60. The van der Waals surface area contributed by atoms with Crippen molar-refractivity contribution < 1.29 is 14.3 Å². The van der Waals surface area contributed by atoms with Crippen LogP contribution in [0.1, 0.15) is 31.7 Å². The predicted molar refractivity (Wildman–Crippen MR) is 65.7 cm³/mol. The summed E-state index contributed by atoms with van der Waals surface area (Å²) in [5, 5.41) is 12.0. The highest BCUT2D eigenvalue weighted by Gasteiger charge is 2.16. The van der Waals surface area contributed by atoms with Gasteiger partial charge in [0.2, 0.25) is 0 Å². The lowest BCUT2D eigenvalue weighted by molar-refractivity contribution is -0.138. The molecule has 0 aliphatic carbocycles. The number of hydrogen-bond acceptors (Lipinski definition) is 2. The van der Waals surface area contributed by atoms with E-state index in [1.165, 1.54) is 6.07 Å². The average Bonchev–Trinajstić information content (AvgIpc) is 2.28. The SMILES string of the molecule is CCCCC(Nc1ccc(F)c(C)c1)C(=O)O. The second-order valence-corrected chi connectivity index (χ2v) is 4.14. The first-order valence-electron chi connectivity index (χ1n) is 5.80. The molecule has 2 N–H and O–H groups in total. The molecule has 1 aromatic carbocycles. The van der Waals surface area contributed by atoms with Crippen LogP contribution in [-0.2, 0) is 4.79 Å². The molecule has 94 valence electrons. The predicted octanol–water partition coefficient (Wildman–Crippen LogP) is 3.19. The number of aliphatic carboxylic acids is 1. The standard InChI is InChI=1S/C13H18FNO2/c1-3-4-5-12(13(16)17)15-10-6-7-11(14)9(2)8-10/h6-8,12,15H,3-5H2,1-2H3,(H,16,17). The van der Waals surface area contributed by atoms with Crippen molar-refractivity contribution >= 4 is 11.7 Å². The molecule has 0 fully saturated rings. The van der Waals surface area contributed by atoms with Gasteiger partial charge in [0.25, 0.3) is 0 Å². The average molecular weight is 239 g/mol. The van der Waals surface area contributed by atoms with Crippen LogP contribution in [0.3, 0.4) is 0 Å². The minimum absolute atomic E-state index is 0.281. The van der Waals surface area contributed by atoms with Crippen molar-refractivity contribution in [1.29, 1.82) is 0 Å². The number of aryl methyl sites for hydroxylation is 1. The van der Waals surface area contributed by atoms with Crippen molar-refractivity contribution in [3.05, 3.63) is 29.6 Å². The minimum Gasteiger partial charge on any atom is -0.480 e. The number of anilines is 1. The second kappa shape index (κ2) is 6.23. The molecule has 1 aromatic rings. The lowest BCUT2D eigenvalue weighted by Gasteiger charge is -2.15. The van der Waals surface area contributed by atoms with Crippen LogP contribution in [0.2, 0.25) is 0 Å². The summed E-state index contributed by atoms with van der Waals surface area (Å²) in [5.74, 6) is -1.16. The maximum absolute atomic E-state index is 13.1. The molecule has 0 aliphatic rings. The molecule has 1 unspecified atom stereocenters. The quantitative estimate of drug-likeness (QED) is 0.801. The number of halogens is 1. The highest BCUT2D eigenvalue weighted by Crippen LogP contribution is 2.16. The molecule has 0 saturated heterocycles. The van der Waals surface area contributed by atoms with Gasteiger partial charge in [-0.15, -0.1) is 0 Å². The van der Waals surface area contributed by atoms with Crippen LogP contribution in [0, 0.1) is 12.7 Å². The maximum atomic E-state index is 13.1. The molecule has 0 radical (unpaired) electrons. The number of nitrogens with one attached hydrogen (secondary N) is 1. The molecular formula is C13H18FNO2. The minimum atomic E-state index is -0.875. The van der Waals surface area contributed by atoms with Crippen molar-refractivity contribution in [3.63, 3.8) is 0 Å². The van der Waals surface area contributed by atoms with Crippen LogP contribution in [0.4, 0.5) is 10.1 Å². The van der Waals surface area contributed by atoms with Crippen LogP contribution in [0.5, 0.6) is 0 Å². The lowest BCUT2D eigenvalue weighted by atomic mass is 10.1. The van der Waals surface area contributed by atoms with Gasteiger partial charge in [0, 0.05) is 5.69 Å². The molecule has 1 rings (SSSR count). The third-order valence-electron chi connectivity index (χ3n) is 2.64. The molecule has 0 amide bonds. The zero-order valence-electron chi connectivity index (χ0n) is 10.2. The third kappa shape index (κ3) is 4.06. The molecule has 4 heteroatoms. The van der Waals surface area contributed by atoms with Gasteiger partial charge in [0.15, 0.2) is 0 Å². The van der Waals surface area contributed by atoms with E-state index in [4.69, 9.17) is 5.11 Å². The van der Waals surface area contributed by atoms with E-state index >= 15 is 0 Å². The largest absolute Gasteiger partial charge is 0.480 e. The molecule has 0 bridgehead atoms. The van der Waals surface area contributed by atoms with Gasteiger partial charge in [-0.1, -0.05) is 19.8 Å². The molecule has 1 atom stereocenters. The Labute approximate surface area is 101 Å². The van der Waals surface area contributed by atoms with Crippen molar-refractivity contribution in [1.82, 2.24) is 0 Å². The molecule has 0 saturated carbocycles. The Morgan fingerprint density at radius 3 is 2.76 bits per heavy atom. The van der Waals surface area contributed by atoms with Crippen molar-refractivity contribution in [2.24, 2.45) is 0 Å². The summed E-state index contributed by atoms with van der Waals surface area (Å²) in [6, 6.07) is 3.91. The molecule has 0 heterocycles. The topological polar surface area (TPSA) is 49.3 Å². The molecule has 0 aromatic heterocycles. The summed E-state index contributed by atoms with van der Waals surface area (Å²) >= 11 is 0. The summed E-state index contributed by atoms with van der Waals surface area (Å²) < 4.78 is 13.1. The van der Waals surface area contributed by atoms with E-state index in [-0.39, 0.29) is 5.82 Å². The maximum Gasteiger partial charge on any atom is 0.326 e. The smallest absolute Gasteiger partial charge is 0.326 e. The second-order valence-electron chi connectivity index (χ2n) is 4.14. The first-order chi connectivity index (χ1) is 8.04. The fraction of sp³-hybridized carbons (Fsp3) is 0.462. The Morgan fingerprint density at radius 1 is 1.53 bits per heavy atom. The number of carboxylic acid groups (broad SMARTS) is 1. The summed E-state index contributed by atoms with van der Waals surface area (Å²) in [4.78, 5) is 11.0. The third-order valence-corrected chi connectivity index (χ3v) is 2.64. The van der Waals surface area contributed by atoms with Gasteiger partial charge in [0.05, 0.1) is 0 Å². The first-order valence-corrected chi connectivity index (χ1v) is 5.80. The highest BCUT2D eigenvalue weighted by atomic mass is 19.1. The summed E-state index contributed by atoms with van der Waals surface area (Å²) in [6.45, 7) is 3.67. The summed E-state index contributed by atoms with van der Waals surface area (Å²) in [5.41, 5.74) is 1.15. The molecule has 0 aliphatic heterocycles. The Hall–Kier alpha value is -1.58. The zero-order valence-corrected chi connectivity index (χ0v) is 10.2. The molecule has 0 spiro atoms. The molecule has 3 nitrogen and oxygen atoms in total. The van der Waals surface area contributed by atoms with Crippen molar-refractivity contribution in [3.8, 4) is 0 Å². The monoisotopic (exact) mass is 239 g/mol. The van der Waals surface area contributed by atoms with Crippen molar-refractivity contribution in [2.45, 2.75) is 39.2 Å². The van der Waals surface area contributed by atoms with E-state index < -0.39 is 12.0 Å². The summed E-state index contributed by atoms with van der Waals surface area (Å²) in [7, 11) is 0. The Morgan fingerprint density at radius 2 is 2.24 bits per heavy atom. The normalized spacial score (nSPS) is 12.2. The number of rotatable bonds is 6. The molecule has 17 heavy (non-hydrogen) atoms.